The minimum Gasteiger partial charge on any atom is -0.396 e. The number of hydrogen-bond acceptors (Lipinski definition) is 5. The minimum absolute atomic E-state index is 0.0969. The quantitative estimate of drug-likeness (QED) is 0.734. The lowest BCUT2D eigenvalue weighted by Crippen LogP contribution is -2.55. The number of nitrogens with zero attached hydrogens (tertiary/aromatic N) is 1. The van der Waals surface area contributed by atoms with Crippen LogP contribution >= 0.6 is 0 Å². The lowest BCUT2D eigenvalue weighted by Gasteiger charge is -2.49. The molecule has 5 nitrogen and oxygen atoms in total. The molecule has 1 unspecified atom stereocenters. The molecule has 120 valence electrons. The zero-order valence-corrected chi connectivity index (χ0v) is 13.9. The van der Waals surface area contributed by atoms with Crippen LogP contribution in [0.5, 0.6) is 0 Å². The summed E-state index contributed by atoms with van der Waals surface area (Å²) in [6, 6.07) is 2.33. The number of aliphatic hydroxyl groups excluding tert-OH is 1. The van der Waals surface area contributed by atoms with E-state index in [2.05, 4.69) is 25.2 Å². The second kappa shape index (κ2) is 5.53. The molecular weight excluding hydrogens is 288 g/mol. The summed E-state index contributed by atoms with van der Waals surface area (Å²) in [5.41, 5.74) is -0.874. The molecule has 3 atom stereocenters. The second-order valence-electron chi connectivity index (χ2n) is 7.27. The van der Waals surface area contributed by atoms with Gasteiger partial charge in [0.05, 0.1) is 23.3 Å². The summed E-state index contributed by atoms with van der Waals surface area (Å²) in [5.74, 6) is 0.337. The summed E-state index contributed by atoms with van der Waals surface area (Å²) in [6.07, 6.45) is 4.74. The number of rotatable bonds is 7. The third kappa shape index (κ3) is 2.96. The van der Waals surface area contributed by atoms with Crippen LogP contribution in [0.15, 0.2) is 0 Å². The van der Waals surface area contributed by atoms with Gasteiger partial charge in [0.2, 0.25) is 0 Å². The molecule has 6 heteroatoms. The van der Waals surface area contributed by atoms with Crippen LogP contribution in [0.25, 0.3) is 0 Å². The first-order chi connectivity index (χ1) is 9.71. The van der Waals surface area contributed by atoms with Gasteiger partial charge in [-0.05, 0) is 25.2 Å². The van der Waals surface area contributed by atoms with Crippen molar-refractivity contribution in [3.63, 3.8) is 0 Å². The van der Waals surface area contributed by atoms with Gasteiger partial charge in [0.15, 0.2) is 9.84 Å². The van der Waals surface area contributed by atoms with Crippen molar-refractivity contribution in [2.45, 2.75) is 50.8 Å². The lowest BCUT2D eigenvalue weighted by molar-refractivity contribution is -0.0103. The van der Waals surface area contributed by atoms with E-state index >= 15 is 0 Å². The third-order valence-corrected chi connectivity index (χ3v) is 7.02. The van der Waals surface area contributed by atoms with E-state index in [4.69, 9.17) is 0 Å². The zero-order valence-electron chi connectivity index (χ0n) is 13.1. The van der Waals surface area contributed by atoms with E-state index in [0.717, 1.165) is 19.3 Å². The summed E-state index contributed by atoms with van der Waals surface area (Å²) in [5, 5.41) is 22.0. The molecule has 21 heavy (non-hydrogen) atoms. The molecule has 0 aromatic rings. The highest BCUT2D eigenvalue weighted by atomic mass is 32.2. The van der Waals surface area contributed by atoms with Crippen molar-refractivity contribution < 1.29 is 13.5 Å². The molecule has 0 heterocycles. The van der Waals surface area contributed by atoms with Gasteiger partial charge in [-0.1, -0.05) is 20.3 Å². The Bertz CT molecular complexity index is 528. The van der Waals surface area contributed by atoms with E-state index in [1.165, 1.54) is 6.26 Å². The van der Waals surface area contributed by atoms with Crippen LogP contribution in [0.1, 0.15) is 39.5 Å². The first kappa shape index (κ1) is 16.7. The van der Waals surface area contributed by atoms with Gasteiger partial charge in [-0.25, -0.2) is 8.42 Å². The SMILES string of the molecule is CC(C)C(NC[C@]1(C#N)C[C@H]1S(C)(=O)=O)C1(CO)CCC1. The van der Waals surface area contributed by atoms with Gasteiger partial charge in [-0.2, -0.15) is 5.26 Å². The highest BCUT2D eigenvalue weighted by Crippen LogP contribution is 2.51. The molecule has 2 rings (SSSR count). The Hall–Kier alpha value is -0.640. The summed E-state index contributed by atoms with van der Waals surface area (Å²) in [6.45, 7) is 4.75. The summed E-state index contributed by atoms with van der Waals surface area (Å²) in [4.78, 5) is 0. The standard InChI is InChI=1S/C15H26N2O3S/c1-11(2)13(14(10-18)5-4-6-14)17-9-15(8-16)7-12(15)21(3,19)20/h11-13,17-18H,4-7,9-10H2,1-3H3/t12-,13?,15-/m1/s1. The molecule has 0 bridgehead atoms. The highest BCUT2D eigenvalue weighted by molar-refractivity contribution is 7.91. The van der Waals surface area contributed by atoms with Crippen LogP contribution in [-0.2, 0) is 9.84 Å². The fourth-order valence-electron chi connectivity index (χ4n) is 3.83. The molecule has 2 aliphatic rings. The van der Waals surface area contributed by atoms with Gasteiger partial charge in [0.25, 0.3) is 0 Å². The van der Waals surface area contributed by atoms with E-state index in [1.807, 2.05) is 0 Å². The van der Waals surface area contributed by atoms with Crippen molar-refractivity contribution >= 4 is 9.84 Å². The molecule has 0 aromatic carbocycles. The highest BCUT2D eigenvalue weighted by Gasteiger charge is 2.61. The summed E-state index contributed by atoms with van der Waals surface area (Å²) < 4.78 is 23.3. The minimum atomic E-state index is -3.16. The Morgan fingerprint density at radius 2 is 2.05 bits per heavy atom. The molecular formula is C15H26N2O3S. The largest absolute Gasteiger partial charge is 0.396 e. The molecule has 0 spiro atoms. The number of nitrogens with one attached hydrogen (secondary N) is 1. The monoisotopic (exact) mass is 314 g/mol. The van der Waals surface area contributed by atoms with Crippen molar-refractivity contribution in [2.75, 3.05) is 19.4 Å². The Balaban J connectivity index is 2.05. The molecule has 0 radical (unpaired) electrons. The van der Waals surface area contributed by atoms with Gasteiger partial charge in [0.1, 0.15) is 0 Å². The summed E-state index contributed by atoms with van der Waals surface area (Å²) >= 11 is 0. The molecule has 2 fully saturated rings. The van der Waals surface area contributed by atoms with Crippen molar-refractivity contribution in [1.82, 2.24) is 5.32 Å². The number of sulfone groups is 1. The van der Waals surface area contributed by atoms with E-state index in [9.17, 15) is 18.8 Å². The van der Waals surface area contributed by atoms with Crippen LogP contribution in [0.3, 0.4) is 0 Å². The molecule has 2 N–H and O–H groups in total. The van der Waals surface area contributed by atoms with E-state index in [-0.39, 0.29) is 18.1 Å². The normalized spacial score (nSPS) is 32.3. The maximum atomic E-state index is 11.6. The summed E-state index contributed by atoms with van der Waals surface area (Å²) in [7, 11) is -3.16. The van der Waals surface area contributed by atoms with E-state index in [1.54, 1.807) is 0 Å². The smallest absolute Gasteiger partial charge is 0.151 e. The third-order valence-electron chi connectivity index (χ3n) is 5.37. The lowest BCUT2D eigenvalue weighted by atomic mass is 9.62. The van der Waals surface area contributed by atoms with E-state index in [0.29, 0.717) is 18.9 Å². The molecule has 2 aliphatic carbocycles. The van der Waals surface area contributed by atoms with Gasteiger partial charge in [0, 0.05) is 24.3 Å². The first-order valence-electron chi connectivity index (χ1n) is 7.65. The van der Waals surface area contributed by atoms with Gasteiger partial charge in [-0.3, -0.25) is 0 Å². The van der Waals surface area contributed by atoms with Crippen molar-refractivity contribution in [1.29, 1.82) is 5.26 Å². The van der Waals surface area contributed by atoms with Gasteiger partial charge < -0.3 is 10.4 Å². The maximum Gasteiger partial charge on any atom is 0.151 e. The predicted octanol–water partition coefficient (Wildman–Crippen LogP) is 1.09. The number of aliphatic hydroxyl groups is 1. The van der Waals surface area contributed by atoms with Crippen LogP contribution in [-0.4, -0.2) is 44.2 Å². The van der Waals surface area contributed by atoms with Crippen molar-refractivity contribution in [2.24, 2.45) is 16.7 Å². The molecule has 2 saturated carbocycles. The first-order valence-corrected chi connectivity index (χ1v) is 9.61. The maximum absolute atomic E-state index is 11.6. The molecule has 0 amide bonds. The van der Waals surface area contributed by atoms with Crippen LogP contribution in [0, 0.1) is 28.1 Å². The predicted molar refractivity (Wildman–Crippen MR) is 81.3 cm³/mol. The van der Waals surface area contributed by atoms with Gasteiger partial charge in [-0.15, -0.1) is 0 Å². The Morgan fingerprint density at radius 1 is 1.43 bits per heavy atom. The Labute approximate surface area is 127 Å². The topological polar surface area (TPSA) is 90.2 Å². The zero-order chi connectivity index (χ0) is 15.9. The molecule has 0 aliphatic heterocycles. The van der Waals surface area contributed by atoms with Crippen LogP contribution in [0.4, 0.5) is 0 Å². The van der Waals surface area contributed by atoms with Crippen molar-refractivity contribution in [3.8, 4) is 6.07 Å². The Morgan fingerprint density at radius 3 is 2.33 bits per heavy atom. The van der Waals surface area contributed by atoms with Crippen LogP contribution < -0.4 is 5.32 Å². The second-order valence-corrected chi connectivity index (χ2v) is 9.49. The fraction of sp³-hybridized carbons (Fsp3) is 0.933. The van der Waals surface area contributed by atoms with Crippen molar-refractivity contribution in [3.05, 3.63) is 0 Å². The average molecular weight is 314 g/mol. The van der Waals surface area contributed by atoms with Crippen LogP contribution in [0.2, 0.25) is 0 Å². The number of nitriles is 1. The average Bonchev–Trinajstić information content (AvgIpc) is 3.07. The fourth-order valence-corrected chi connectivity index (χ4v) is 5.38. The van der Waals surface area contributed by atoms with E-state index < -0.39 is 20.5 Å². The number of hydrogen-bond donors (Lipinski definition) is 2. The van der Waals surface area contributed by atoms with Gasteiger partial charge >= 0.3 is 0 Å². The molecule has 0 aromatic heterocycles. The molecule has 0 saturated heterocycles. The Kier molecular flexibility index (Phi) is 4.40.